The first-order chi connectivity index (χ1) is 16.5. The molecular weight excluding hydrogens is 426 g/mol. The Morgan fingerprint density at radius 3 is 2.41 bits per heavy atom. The molecule has 2 aromatic carbocycles. The number of carbonyl (C=O) groups is 1. The van der Waals surface area contributed by atoms with E-state index in [1.165, 1.54) is 5.56 Å². The van der Waals surface area contributed by atoms with Gasteiger partial charge in [0, 0.05) is 31.7 Å². The summed E-state index contributed by atoms with van der Waals surface area (Å²) in [6.07, 6.45) is 2.74. The summed E-state index contributed by atoms with van der Waals surface area (Å²) in [5, 5.41) is 0. The van der Waals surface area contributed by atoms with Gasteiger partial charge in [0.1, 0.15) is 12.3 Å². The molecule has 0 atom stereocenters. The Balaban J connectivity index is 1.36. The van der Waals surface area contributed by atoms with Gasteiger partial charge in [-0.2, -0.15) is 0 Å². The number of pyridine rings is 1. The minimum absolute atomic E-state index is 0.0159. The summed E-state index contributed by atoms with van der Waals surface area (Å²) in [4.78, 5) is 21.1. The van der Waals surface area contributed by atoms with E-state index in [-0.39, 0.29) is 11.8 Å². The number of amides is 1. The van der Waals surface area contributed by atoms with E-state index < -0.39 is 0 Å². The molecule has 1 amide bonds. The van der Waals surface area contributed by atoms with Crippen molar-refractivity contribution >= 4 is 5.91 Å². The van der Waals surface area contributed by atoms with Crippen molar-refractivity contribution in [1.82, 2.24) is 14.8 Å². The number of carbonyl (C=O) groups excluding carboxylic acids is 1. The molecule has 34 heavy (non-hydrogen) atoms. The van der Waals surface area contributed by atoms with Crippen LogP contribution in [0, 0.1) is 0 Å². The molecule has 0 radical (unpaired) electrons. The van der Waals surface area contributed by atoms with Gasteiger partial charge < -0.3 is 19.3 Å². The number of rotatable bonds is 9. The Labute approximate surface area is 202 Å². The number of methoxy groups -OCH3 is 1. The molecule has 6 heteroatoms. The highest BCUT2D eigenvalue weighted by Gasteiger charge is 2.33. The molecule has 0 spiro atoms. The van der Waals surface area contributed by atoms with Crippen LogP contribution >= 0.6 is 0 Å². The molecule has 1 saturated heterocycles. The summed E-state index contributed by atoms with van der Waals surface area (Å²) < 4.78 is 11.6. The van der Waals surface area contributed by atoms with E-state index in [1.807, 2.05) is 43.3 Å². The number of aryl methyl sites for hydroxylation is 1. The molecule has 178 valence electrons. The Morgan fingerprint density at radius 1 is 1.00 bits per heavy atom. The molecule has 3 aromatic rings. The van der Waals surface area contributed by atoms with Crippen LogP contribution in [0.25, 0.3) is 0 Å². The van der Waals surface area contributed by atoms with Crippen molar-refractivity contribution in [3.8, 4) is 11.5 Å². The second kappa shape index (κ2) is 10.7. The molecule has 2 heterocycles. The van der Waals surface area contributed by atoms with E-state index in [9.17, 15) is 4.79 Å². The number of hydrogen-bond acceptors (Lipinski definition) is 5. The maximum absolute atomic E-state index is 12.9. The van der Waals surface area contributed by atoms with Crippen LogP contribution in [0.4, 0.5) is 0 Å². The van der Waals surface area contributed by atoms with E-state index >= 15 is 0 Å². The molecule has 0 N–H and O–H groups in total. The van der Waals surface area contributed by atoms with Crippen LogP contribution in [-0.4, -0.2) is 55.0 Å². The van der Waals surface area contributed by atoms with Crippen molar-refractivity contribution in [2.75, 3.05) is 34.3 Å². The van der Waals surface area contributed by atoms with Gasteiger partial charge in [0.05, 0.1) is 7.11 Å². The third-order valence-corrected chi connectivity index (χ3v) is 6.20. The molecule has 1 aliphatic heterocycles. The predicted octanol–water partition coefficient (Wildman–Crippen LogP) is 4.53. The van der Waals surface area contributed by atoms with Crippen LogP contribution < -0.4 is 9.47 Å². The van der Waals surface area contributed by atoms with Gasteiger partial charge in [0.2, 0.25) is 0 Å². The third-order valence-electron chi connectivity index (χ3n) is 6.20. The molecular formula is C28H33N3O3. The first kappa shape index (κ1) is 23.8. The maximum atomic E-state index is 12.9. The van der Waals surface area contributed by atoms with Crippen molar-refractivity contribution in [2.24, 2.45) is 0 Å². The number of aromatic nitrogens is 1. The zero-order valence-corrected chi connectivity index (χ0v) is 20.5. The third kappa shape index (κ3) is 5.57. The monoisotopic (exact) mass is 459 g/mol. The highest BCUT2D eigenvalue weighted by Crippen LogP contribution is 2.35. The molecule has 0 bridgehead atoms. The van der Waals surface area contributed by atoms with E-state index in [0.29, 0.717) is 31.1 Å². The lowest BCUT2D eigenvalue weighted by Crippen LogP contribution is -2.48. The van der Waals surface area contributed by atoms with Gasteiger partial charge in [-0.05, 0) is 67.0 Å². The van der Waals surface area contributed by atoms with E-state index in [4.69, 9.17) is 9.47 Å². The largest absolute Gasteiger partial charge is 0.493 e. The Morgan fingerprint density at radius 2 is 1.74 bits per heavy atom. The fourth-order valence-corrected chi connectivity index (χ4v) is 4.16. The lowest BCUT2D eigenvalue weighted by Gasteiger charge is -2.39. The van der Waals surface area contributed by atoms with Crippen molar-refractivity contribution in [3.63, 3.8) is 0 Å². The average molecular weight is 460 g/mol. The summed E-state index contributed by atoms with van der Waals surface area (Å²) in [6, 6.07) is 18.4. The second-order valence-corrected chi connectivity index (χ2v) is 9.06. The van der Waals surface area contributed by atoms with Crippen molar-refractivity contribution in [1.29, 1.82) is 0 Å². The van der Waals surface area contributed by atoms with Gasteiger partial charge in [-0.15, -0.1) is 0 Å². The lowest BCUT2D eigenvalue weighted by atomic mass is 9.91. The maximum Gasteiger partial charge on any atom is 0.272 e. The van der Waals surface area contributed by atoms with Gasteiger partial charge in [-0.1, -0.05) is 37.3 Å². The second-order valence-electron chi connectivity index (χ2n) is 9.06. The number of benzene rings is 2. The highest BCUT2D eigenvalue weighted by atomic mass is 16.5. The van der Waals surface area contributed by atoms with Crippen LogP contribution in [-0.2, 0) is 19.6 Å². The number of likely N-dealkylation sites (tertiary alicyclic amines) is 1. The van der Waals surface area contributed by atoms with Crippen molar-refractivity contribution in [3.05, 3.63) is 88.7 Å². The SMILES string of the molecule is CCc1ccc(COc2ccc(C3CN(C(=O)c4cc(CN(C)C)ccn4)C3)cc2OC)cc1. The predicted molar refractivity (Wildman–Crippen MR) is 133 cm³/mol. The molecule has 0 saturated carbocycles. The molecule has 0 unspecified atom stereocenters. The normalized spacial score (nSPS) is 13.6. The fraction of sp³-hybridized carbons (Fsp3) is 0.357. The van der Waals surface area contributed by atoms with E-state index in [1.54, 1.807) is 13.3 Å². The first-order valence-electron chi connectivity index (χ1n) is 11.7. The summed E-state index contributed by atoms with van der Waals surface area (Å²) in [5.74, 6) is 1.70. The zero-order chi connectivity index (χ0) is 24.1. The number of ether oxygens (including phenoxy) is 2. The van der Waals surface area contributed by atoms with Crippen LogP contribution in [0.15, 0.2) is 60.8 Å². The summed E-state index contributed by atoms with van der Waals surface area (Å²) in [5.41, 5.74) is 5.18. The molecule has 1 fully saturated rings. The molecule has 4 rings (SSSR count). The summed E-state index contributed by atoms with van der Waals surface area (Å²) >= 11 is 0. The van der Waals surface area contributed by atoms with Gasteiger partial charge >= 0.3 is 0 Å². The molecule has 0 aliphatic carbocycles. The average Bonchev–Trinajstić information content (AvgIpc) is 2.82. The summed E-state index contributed by atoms with van der Waals surface area (Å²) in [6.45, 7) is 4.77. The van der Waals surface area contributed by atoms with E-state index in [0.717, 1.165) is 35.4 Å². The molecule has 1 aromatic heterocycles. The van der Waals surface area contributed by atoms with Gasteiger partial charge in [-0.3, -0.25) is 9.78 Å². The van der Waals surface area contributed by atoms with Crippen LogP contribution in [0.3, 0.4) is 0 Å². The van der Waals surface area contributed by atoms with Gasteiger partial charge in [0.15, 0.2) is 11.5 Å². The Kier molecular flexibility index (Phi) is 7.48. The topological polar surface area (TPSA) is 54.9 Å². The zero-order valence-electron chi connectivity index (χ0n) is 20.5. The molecule has 6 nitrogen and oxygen atoms in total. The van der Waals surface area contributed by atoms with Crippen LogP contribution in [0.5, 0.6) is 11.5 Å². The highest BCUT2D eigenvalue weighted by molar-refractivity contribution is 5.93. The first-order valence-corrected chi connectivity index (χ1v) is 11.7. The van der Waals surface area contributed by atoms with Gasteiger partial charge in [0.25, 0.3) is 5.91 Å². The van der Waals surface area contributed by atoms with E-state index in [2.05, 4.69) is 47.1 Å². The standard InChI is InChI=1S/C28H33N3O3/c1-5-20-6-8-21(9-7-20)19-34-26-11-10-23(15-27(26)33-4)24-17-31(18-24)28(32)25-14-22(12-13-29-25)16-30(2)3/h6-15,24H,5,16-19H2,1-4H3. The quantitative estimate of drug-likeness (QED) is 0.471. The van der Waals surface area contributed by atoms with Crippen molar-refractivity contribution < 1.29 is 14.3 Å². The summed E-state index contributed by atoms with van der Waals surface area (Å²) in [7, 11) is 5.68. The van der Waals surface area contributed by atoms with Gasteiger partial charge in [-0.25, -0.2) is 0 Å². The Hall–Kier alpha value is -3.38. The number of hydrogen-bond donors (Lipinski definition) is 0. The minimum atomic E-state index is -0.0159. The molecule has 1 aliphatic rings. The van der Waals surface area contributed by atoms with Crippen LogP contribution in [0.2, 0.25) is 0 Å². The smallest absolute Gasteiger partial charge is 0.272 e. The van der Waals surface area contributed by atoms with Crippen molar-refractivity contribution in [2.45, 2.75) is 32.4 Å². The fourth-order valence-electron chi connectivity index (χ4n) is 4.16. The minimum Gasteiger partial charge on any atom is -0.493 e. The lowest BCUT2D eigenvalue weighted by molar-refractivity contribution is 0.0595. The Bertz CT molecular complexity index is 1120. The van der Waals surface area contributed by atoms with Crippen LogP contribution in [0.1, 0.15) is 45.6 Å². The number of nitrogens with zero attached hydrogens (tertiary/aromatic N) is 3.